The number of nitrogens with one attached hydrogen (secondary N) is 1. The van der Waals surface area contributed by atoms with Gasteiger partial charge in [-0.2, -0.15) is 5.06 Å². The molecule has 0 radical (unpaired) electrons. The van der Waals surface area contributed by atoms with Crippen molar-refractivity contribution in [2.24, 2.45) is 5.73 Å². The van der Waals surface area contributed by atoms with Gasteiger partial charge in [0.2, 0.25) is 0 Å². The lowest BCUT2D eigenvalue weighted by Gasteiger charge is -2.53. The van der Waals surface area contributed by atoms with E-state index in [9.17, 15) is 5.21 Å². The molecule has 4 N–H and O–H groups in total. The maximum absolute atomic E-state index is 10.4. The lowest BCUT2D eigenvalue weighted by atomic mass is 9.78. The fourth-order valence-electron chi connectivity index (χ4n) is 3.08. The Bertz CT molecular complexity index is 279. The first kappa shape index (κ1) is 16.9. The molecule has 1 fully saturated rings. The van der Waals surface area contributed by atoms with Gasteiger partial charge in [0.05, 0.1) is 5.54 Å². The van der Waals surface area contributed by atoms with Crippen LogP contribution in [0.3, 0.4) is 0 Å². The summed E-state index contributed by atoms with van der Waals surface area (Å²) >= 11 is 0. The summed E-state index contributed by atoms with van der Waals surface area (Å²) in [6.07, 6.45) is 5.35. The zero-order valence-corrected chi connectivity index (χ0v) is 13.4. The van der Waals surface area contributed by atoms with E-state index in [4.69, 9.17) is 5.73 Å². The van der Waals surface area contributed by atoms with Gasteiger partial charge in [-0.25, -0.2) is 0 Å². The molecular weight excluding hydrogens is 238 g/mol. The van der Waals surface area contributed by atoms with E-state index < -0.39 is 0 Å². The van der Waals surface area contributed by atoms with E-state index in [1.165, 1.54) is 0 Å². The van der Waals surface area contributed by atoms with E-state index >= 15 is 0 Å². The Kier molecular flexibility index (Phi) is 5.80. The van der Waals surface area contributed by atoms with Crippen molar-refractivity contribution in [2.75, 3.05) is 6.54 Å². The molecule has 0 amide bonds. The molecule has 2 unspecified atom stereocenters. The zero-order chi connectivity index (χ0) is 14.7. The molecular formula is C15H33N3O. The van der Waals surface area contributed by atoms with Crippen LogP contribution in [0, 0.1) is 0 Å². The zero-order valence-electron chi connectivity index (χ0n) is 13.4. The van der Waals surface area contributed by atoms with Gasteiger partial charge in [0.15, 0.2) is 0 Å². The summed E-state index contributed by atoms with van der Waals surface area (Å²) in [6.45, 7) is 11.5. The van der Waals surface area contributed by atoms with Crippen LogP contribution in [0.2, 0.25) is 0 Å². The van der Waals surface area contributed by atoms with Crippen LogP contribution < -0.4 is 11.1 Å². The molecule has 0 saturated carbocycles. The quantitative estimate of drug-likeness (QED) is 0.650. The van der Waals surface area contributed by atoms with Crippen LogP contribution in [-0.2, 0) is 0 Å². The number of hydrogen-bond donors (Lipinski definition) is 3. The Labute approximate surface area is 118 Å². The summed E-state index contributed by atoms with van der Waals surface area (Å²) in [6, 6.07) is 0.665. The highest BCUT2D eigenvalue weighted by atomic mass is 16.5. The molecule has 1 aliphatic heterocycles. The fourth-order valence-corrected chi connectivity index (χ4v) is 3.08. The third kappa shape index (κ3) is 4.15. The van der Waals surface area contributed by atoms with E-state index in [-0.39, 0.29) is 11.1 Å². The highest BCUT2D eigenvalue weighted by Gasteiger charge is 2.46. The average Bonchev–Trinajstić information content (AvgIpc) is 2.34. The van der Waals surface area contributed by atoms with Crippen molar-refractivity contribution in [3.8, 4) is 0 Å². The van der Waals surface area contributed by atoms with Crippen molar-refractivity contribution in [1.82, 2.24) is 10.4 Å². The van der Waals surface area contributed by atoms with Gasteiger partial charge in [-0.3, -0.25) is 0 Å². The van der Waals surface area contributed by atoms with E-state index in [0.29, 0.717) is 12.1 Å². The Morgan fingerprint density at radius 1 is 1.37 bits per heavy atom. The summed E-state index contributed by atoms with van der Waals surface area (Å²) < 4.78 is 0. The number of hydroxylamine groups is 2. The molecule has 4 heteroatoms. The highest BCUT2D eigenvalue weighted by Crippen LogP contribution is 2.36. The molecule has 1 rings (SSSR count). The summed E-state index contributed by atoms with van der Waals surface area (Å²) in [7, 11) is 0. The molecule has 1 aliphatic rings. The first-order chi connectivity index (χ1) is 8.71. The van der Waals surface area contributed by atoms with Crippen molar-refractivity contribution >= 4 is 0 Å². The summed E-state index contributed by atoms with van der Waals surface area (Å²) in [5, 5.41) is 15.5. The molecule has 0 aromatic rings. The van der Waals surface area contributed by atoms with Crippen LogP contribution in [-0.4, -0.2) is 40.0 Å². The molecule has 0 aromatic carbocycles. The van der Waals surface area contributed by atoms with Gasteiger partial charge in [-0.1, -0.05) is 6.92 Å². The standard InChI is InChI=1S/C15H33N3O/c1-6-12(16)8-7-11-17-13-9-10-14(2,3)18(19)15(13,4)5/h12-13,17,19H,6-11,16H2,1-5H3. The lowest BCUT2D eigenvalue weighted by molar-refractivity contribution is -0.250. The SMILES string of the molecule is CCC(N)CCCNC1CCC(C)(C)N(O)C1(C)C. The Morgan fingerprint density at radius 2 is 2.00 bits per heavy atom. The maximum atomic E-state index is 10.4. The molecule has 0 aromatic heterocycles. The van der Waals surface area contributed by atoms with E-state index in [0.717, 1.165) is 38.6 Å². The van der Waals surface area contributed by atoms with Crippen molar-refractivity contribution in [3.05, 3.63) is 0 Å². The van der Waals surface area contributed by atoms with Gasteiger partial charge < -0.3 is 16.3 Å². The van der Waals surface area contributed by atoms with Crippen molar-refractivity contribution < 1.29 is 5.21 Å². The van der Waals surface area contributed by atoms with Crippen LogP contribution in [0.25, 0.3) is 0 Å². The van der Waals surface area contributed by atoms with Crippen LogP contribution >= 0.6 is 0 Å². The van der Waals surface area contributed by atoms with Gasteiger partial charge in [-0.15, -0.1) is 0 Å². The fraction of sp³-hybridized carbons (Fsp3) is 1.00. The highest BCUT2D eigenvalue weighted by molar-refractivity contribution is 5.01. The third-order valence-corrected chi connectivity index (χ3v) is 4.68. The average molecular weight is 271 g/mol. The van der Waals surface area contributed by atoms with Crippen LogP contribution in [0.5, 0.6) is 0 Å². The van der Waals surface area contributed by atoms with Crippen LogP contribution in [0.15, 0.2) is 0 Å². The molecule has 1 heterocycles. The van der Waals surface area contributed by atoms with Gasteiger partial charge in [0, 0.05) is 17.6 Å². The summed E-state index contributed by atoms with van der Waals surface area (Å²) in [5.41, 5.74) is 5.57. The molecule has 0 spiro atoms. The predicted molar refractivity (Wildman–Crippen MR) is 80.3 cm³/mol. The summed E-state index contributed by atoms with van der Waals surface area (Å²) in [4.78, 5) is 0. The Morgan fingerprint density at radius 3 is 2.58 bits per heavy atom. The van der Waals surface area contributed by atoms with Crippen molar-refractivity contribution in [2.45, 2.75) is 89.9 Å². The second-order valence-electron chi connectivity index (χ2n) is 7.13. The van der Waals surface area contributed by atoms with Gasteiger partial charge in [0.25, 0.3) is 0 Å². The minimum absolute atomic E-state index is 0.133. The minimum Gasteiger partial charge on any atom is -0.328 e. The van der Waals surface area contributed by atoms with Crippen molar-refractivity contribution in [1.29, 1.82) is 0 Å². The second kappa shape index (κ2) is 6.53. The normalized spacial score (nSPS) is 28.3. The molecule has 2 atom stereocenters. The van der Waals surface area contributed by atoms with E-state index in [1.54, 1.807) is 5.06 Å². The summed E-state index contributed by atoms with van der Waals surface area (Å²) in [5.74, 6) is 0. The molecule has 4 nitrogen and oxygen atoms in total. The largest absolute Gasteiger partial charge is 0.328 e. The maximum Gasteiger partial charge on any atom is 0.0562 e. The lowest BCUT2D eigenvalue weighted by Crippen LogP contribution is -2.66. The van der Waals surface area contributed by atoms with Crippen LogP contribution in [0.4, 0.5) is 0 Å². The number of hydrogen-bond acceptors (Lipinski definition) is 4. The number of nitrogens with two attached hydrogens (primary N) is 1. The third-order valence-electron chi connectivity index (χ3n) is 4.68. The van der Waals surface area contributed by atoms with Gasteiger partial charge >= 0.3 is 0 Å². The number of piperidine rings is 1. The van der Waals surface area contributed by atoms with Crippen LogP contribution in [0.1, 0.15) is 66.7 Å². The van der Waals surface area contributed by atoms with Gasteiger partial charge in [-0.05, 0) is 66.3 Å². The number of nitrogens with zero attached hydrogens (tertiary/aromatic N) is 1. The number of rotatable bonds is 6. The van der Waals surface area contributed by atoms with E-state index in [2.05, 4.69) is 39.9 Å². The Balaban J connectivity index is 2.42. The van der Waals surface area contributed by atoms with Gasteiger partial charge in [0.1, 0.15) is 0 Å². The molecule has 0 bridgehead atoms. The molecule has 0 aliphatic carbocycles. The second-order valence-corrected chi connectivity index (χ2v) is 7.13. The first-order valence-electron chi connectivity index (χ1n) is 7.70. The molecule has 1 saturated heterocycles. The van der Waals surface area contributed by atoms with E-state index in [1.807, 2.05) is 0 Å². The Hall–Kier alpha value is -0.160. The predicted octanol–water partition coefficient (Wildman–Crippen LogP) is 2.50. The smallest absolute Gasteiger partial charge is 0.0562 e. The molecule has 114 valence electrons. The monoisotopic (exact) mass is 271 g/mol. The topological polar surface area (TPSA) is 61.5 Å². The first-order valence-corrected chi connectivity index (χ1v) is 7.70. The van der Waals surface area contributed by atoms with Crippen molar-refractivity contribution in [3.63, 3.8) is 0 Å². The molecule has 19 heavy (non-hydrogen) atoms. The minimum atomic E-state index is -0.228.